The Morgan fingerprint density at radius 3 is 2.85 bits per heavy atom. The molecule has 0 spiro atoms. The summed E-state index contributed by atoms with van der Waals surface area (Å²) in [6.07, 6.45) is 0. The first-order valence-corrected chi connectivity index (χ1v) is 7.42. The molecule has 100 valence electrons. The zero-order chi connectivity index (χ0) is 14.3. The molecule has 0 saturated heterocycles. The van der Waals surface area contributed by atoms with Gasteiger partial charge in [-0.3, -0.25) is 0 Å². The van der Waals surface area contributed by atoms with E-state index in [1.165, 1.54) is 17.4 Å². The molecule has 0 amide bonds. The van der Waals surface area contributed by atoms with Crippen LogP contribution in [0.2, 0.25) is 0 Å². The van der Waals surface area contributed by atoms with Gasteiger partial charge < -0.3 is 15.6 Å². The predicted molar refractivity (Wildman–Crippen MR) is 79.4 cm³/mol. The number of rotatable bonds is 1. The summed E-state index contributed by atoms with van der Waals surface area (Å²) in [5.74, 6) is 0.403. The van der Waals surface area contributed by atoms with Crippen LogP contribution in [0.1, 0.15) is 16.4 Å². The largest absolute Gasteiger partial charge is 0.508 e. The third kappa shape index (κ3) is 2.05. The lowest BCUT2D eigenvalue weighted by Crippen LogP contribution is -2.20. The van der Waals surface area contributed by atoms with Crippen LogP contribution in [0.3, 0.4) is 0 Å². The Hall–Kier alpha value is -1.97. The van der Waals surface area contributed by atoms with Crippen molar-refractivity contribution >= 4 is 27.3 Å². The van der Waals surface area contributed by atoms with Crippen LogP contribution < -0.4 is 10.5 Å². The molecule has 4 nitrogen and oxygen atoms in total. The van der Waals surface area contributed by atoms with E-state index in [1.54, 1.807) is 12.1 Å². The Morgan fingerprint density at radius 2 is 2.20 bits per heavy atom. The molecular formula is C14H9BrN2O2S. The lowest BCUT2D eigenvalue weighted by molar-refractivity contribution is 0.388. The van der Waals surface area contributed by atoms with Crippen molar-refractivity contribution in [3.63, 3.8) is 0 Å². The Morgan fingerprint density at radius 1 is 1.40 bits per heavy atom. The number of nitrogens with zero attached hydrogens (tertiary/aromatic N) is 1. The molecule has 0 fully saturated rings. The highest BCUT2D eigenvalue weighted by molar-refractivity contribution is 9.10. The van der Waals surface area contributed by atoms with Crippen molar-refractivity contribution in [2.75, 3.05) is 0 Å². The lowest BCUT2D eigenvalue weighted by Gasteiger charge is -2.25. The molecule has 3 N–H and O–H groups in total. The number of thiophene rings is 1. The average Bonchev–Trinajstić information content (AvgIpc) is 2.83. The van der Waals surface area contributed by atoms with E-state index in [-0.39, 0.29) is 17.6 Å². The topological polar surface area (TPSA) is 79.3 Å². The molecule has 0 unspecified atom stereocenters. The molecule has 0 bridgehead atoms. The normalized spacial score (nSPS) is 17.3. The number of fused-ring (bicyclic) bond motifs is 1. The number of nitriles is 1. The number of benzene rings is 1. The van der Waals surface area contributed by atoms with E-state index in [1.807, 2.05) is 11.4 Å². The number of hydrogen-bond acceptors (Lipinski definition) is 5. The monoisotopic (exact) mass is 348 g/mol. The lowest BCUT2D eigenvalue weighted by atomic mass is 9.88. The van der Waals surface area contributed by atoms with E-state index in [0.29, 0.717) is 11.3 Å². The molecule has 3 rings (SSSR count). The minimum atomic E-state index is -0.263. The van der Waals surface area contributed by atoms with Gasteiger partial charge in [-0.15, -0.1) is 11.3 Å². The van der Waals surface area contributed by atoms with Gasteiger partial charge in [-0.1, -0.05) is 6.07 Å². The Kier molecular flexibility index (Phi) is 3.16. The van der Waals surface area contributed by atoms with Crippen LogP contribution in [0, 0.1) is 11.3 Å². The molecular weight excluding hydrogens is 340 g/mol. The van der Waals surface area contributed by atoms with E-state index < -0.39 is 0 Å². The summed E-state index contributed by atoms with van der Waals surface area (Å²) in [5, 5.41) is 20.9. The second kappa shape index (κ2) is 4.85. The van der Waals surface area contributed by atoms with E-state index >= 15 is 0 Å². The summed E-state index contributed by atoms with van der Waals surface area (Å²) in [5.41, 5.74) is 7.04. The molecule has 1 atom stereocenters. The maximum Gasteiger partial charge on any atom is 0.205 e. The first-order valence-electron chi connectivity index (χ1n) is 5.74. The quantitative estimate of drug-likeness (QED) is 0.827. The Labute approximate surface area is 127 Å². The van der Waals surface area contributed by atoms with Gasteiger partial charge in [0.15, 0.2) is 0 Å². The van der Waals surface area contributed by atoms with Gasteiger partial charge in [0.2, 0.25) is 5.88 Å². The van der Waals surface area contributed by atoms with Crippen LogP contribution in [0.4, 0.5) is 0 Å². The maximum atomic E-state index is 9.55. The van der Waals surface area contributed by atoms with Crippen molar-refractivity contribution in [2.45, 2.75) is 5.92 Å². The van der Waals surface area contributed by atoms with Gasteiger partial charge >= 0.3 is 0 Å². The molecule has 2 heterocycles. The number of ether oxygens (including phenoxy) is 1. The van der Waals surface area contributed by atoms with Gasteiger partial charge in [-0.2, -0.15) is 5.26 Å². The number of allylic oxidation sites excluding steroid dienone is 1. The summed E-state index contributed by atoms with van der Waals surface area (Å²) in [7, 11) is 0. The van der Waals surface area contributed by atoms with Crippen molar-refractivity contribution in [3.8, 4) is 17.6 Å². The van der Waals surface area contributed by atoms with Crippen LogP contribution in [-0.4, -0.2) is 5.11 Å². The minimum Gasteiger partial charge on any atom is -0.508 e. The minimum absolute atomic E-state index is 0.0834. The number of phenolic OH excluding ortho intramolecular Hbond substituents is 1. The molecule has 1 aliphatic rings. The SMILES string of the molecule is N#CC1=C(N)Oc2cc(O)ccc2[C@@H]1c1cc(Br)cs1. The highest BCUT2D eigenvalue weighted by Crippen LogP contribution is 2.45. The first kappa shape index (κ1) is 13.0. The van der Waals surface area contributed by atoms with Crippen LogP contribution in [0.25, 0.3) is 0 Å². The molecule has 0 radical (unpaired) electrons. The van der Waals surface area contributed by atoms with E-state index in [9.17, 15) is 10.4 Å². The number of nitrogens with two attached hydrogens (primary N) is 1. The van der Waals surface area contributed by atoms with Crippen molar-refractivity contribution in [3.05, 3.63) is 56.0 Å². The molecule has 2 aromatic rings. The van der Waals surface area contributed by atoms with Gasteiger partial charge in [-0.05, 0) is 28.1 Å². The van der Waals surface area contributed by atoms with Crippen LogP contribution in [-0.2, 0) is 0 Å². The number of aromatic hydroxyl groups is 1. The molecule has 20 heavy (non-hydrogen) atoms. The summed E-state index contributed by atoms with van der Waals surface area (Å²) in [4.78, 5) is 0.992. The van der Waals surface area contributed by atoms with Gasteiger partial charge in [0.1, 0.15) is 23.1 Å². The van der Waals surface area contributed by atoms with Crippen molar-refractivity contribution in [1.82, 2.24) is 0 Å². The molecule has 0 saturated carbocycles. The summed E-state index contributed by atoms with van der Waals surface area (Å²) in [6.45, 7) is 0. The number of phenols is 1. The fourth-order valence-corrected chi connectivity index (χ4v) is 3.79. The van der Waals surface area contributed by atoms with Crippen molar-refractivity contribution < 1.29 is 9.84 Å². The second-order valence-corrected chi connectivity index (χ2v) is 6.17. The number of halogens is 1. The first-order chi connectivity index (χ1) is 9.60. The molecule has 6 heteroatoms. The highest BCUT2D eigenvalue weighted by Gasteiger charge is 2.31. The predicted octanol–water partition coefficient (Wildman–Crippen LogP) is 3.43. The third-order valence-electron chi connectivity index (χ3n) is 3.07. The smallest absolute Gasteiger partial charge is 0.205 e. The fourth-order valence-electron chi connectivity index (χ4n) is 2.22. The highest BCUT2D eigenvalue weighted by atomic mass is 79.9. The Bertz CT molecular complexity index is 761. The van der Waals surface area contributed by atoms with Gasteiger partial charge in [0.05, 0.1) is 5.92 Å². The van der Waals surface area contributed by atoms with Crippen molar-refractivity contribution in [1.29, 1.82) is 5.26 Å². The second-order valence-electron chi connectivity index (χ2n) is 4.31. The molecule has 0 aliphatic carbocycles. The van der Waals surface area contributed by atoms with Crippen LogP contribution in [0.15, 0.2) is 45.6 Å². The molecule has 1 aromatic carbocycles. The maximum absolute atomic E-state index is 9.55. The number of hydrogen-bond donors (Lipinski definition) is 2. The van der Waals surface area contributed by atoms with Gasteiger partial charge in [-0.25, -0.2) is 0 Å². The summed E-state index contributed by atoms with van der Waals surface area (Å²) in [6, 6.07) is 8.93. The Balaban J connectivity index is 2.22. The summed E-state index contributed by atoms with van der Waals surface area (Å²) < 4.78 is 6.40. The van der Waals surface area contributed by atoms with Gasteiger partial charge in [0, 0.05) is 26.4 Å². The van der Waals surface area contributed by atoms with E-state index in [4.69, 9.17) is 10.5 Å². The molecule has 1 aromatic heterocycles. The van der Waals surface area contributed by atoms with Gasteiger partial charge in [0.25, 0.3) is 0 Å². The van der Waals surface area contributed by atoms with Crippen molar-refractivity contribution in [2.24, 2.45) is 5.73 Å². The molecule has 1 aliphatic heterocycles. The van der Waals surface area contributed by atoms with E-state index in [2.05, 4.69) is 22.0 Å². The third-order valence-corrected chi connectivity index (χ3v) is 4.83. The van der Waals surface area contributed by atoms with E-state index in [0.717, 1.165) is 14.9 Å². The zero-order valence-electron chi connectivity index (χ0n) is 10.1. The fraction of sp³-hybridized carbons (Fsp3) is 0.0714. The standard InChI is InChI=1S/C14H9BrN2O2S/c15-7-3-12(20-6-7)13-9-2-1-8(18)4-11(9)19-14(17)10(13)5-16/h1-4,6,13,18H,17H2/t13-/m0/s1. The average molecular weight is 349 g/mol. The summed E-state index contributed by atoms with van der Waals surface area (Å²) >= 11 is 4.96. The van der Waals surface area contributed by atoms with Crippen LogP contribution in [0.5, 0.6) is 11.5 Å². The van der Waals surface area contributed by atoms with Crippen LogP contribution >= 0.6 is 27.3 Å². The zero-order valence-corrected chi connectivity index (χ0v) is 12.5.